The van der Waals surface area contributed by atoms with Gasteiger partial charge in [0.1, 0.15) is 0 Å². The molecule has 82 valence electrons. The Morgan fingerprint density at radius 2 is 2.06 bits per heavy atom. The molecule has 4 nitrogen and oxygen atoms in total. The van der Waals surface area contributed by atoms with Gasteiger partial charge in [-0.25, -0.2) is 5.10 Å². The Morgan fingerprint density at radius 1 is 1.12 bits per heavy atom. The number of pyridine rings is 1. The molecule has 0 fully saturated rings. The summed E-state index contributed by atoms with van der Waals surface area (Å²) < 4.78 is 0. The Labute approximate surface area is 97.0 Å². The molecule has 0 radical (unpaired) electrons. The molecule has 0 amide bonds. The van der Waals surface area contributed by atoms with Gasteiger partial charge in [-0.1, -0.05) is 18.2 Å². The fourth-order valence-corrected chi connectivity index (χ4v) is 1.89. The molecular weight excluding hydrogens is 214 g/mol. The molecule has 0 bridgehead atoms. The third-order valence-electron chi connectivity index (χ3n) is 2.66. The van der Waals surface area contributed by atoms with Crippen LogP contribution in [0.25, 0.3) is 21.9 Å². The third kappa shape index (κ3) is 1.69. The summed E-state index contributed by atoms with van der Waals surface area (Å²) >= 11 is 0. The first-order valence-electron chi connectivity index (χ1n) is 5.22. The predicted molar refractivity (Wildman–Crippen MR) is 65.6 cm³/mol. The summed E-state index contributed by atoms with van der Waals surface area (Å²) in [6, 6.07) is 9.41. The van der Waals surface area contributed by atoms with Crippen LogP contribution in [0.15, 0.2) is 53.7 Å². The van der Waals surface area contributed by atoms with Gasteiger partial charge in [0.2, 0.25) is 0 Å². The lowest BCUT2D eigenvalue weighted by atomic mass is 10.0. The van der Waals surface area contributed by atoms with Crippen molar-refractivity contribution < 1.29 is 0 Å². The highest BCUT2D eigenvalue weighted by atomic mass is 16.1. The highest BCUT2D eigenvalue weighted by molar-refractivity contribution is 5.95. The van der Waals surface area contributed by atoms with Gasteiger partial charge in [-0.15, -0.1) is 0 Å². The summed E-state index contributed by atoms with van der Waals surface area (Å²) in [6.07, 6.45) is 5.19. The van der Waals surface area contributed by atoms with Crippen molar-refractivity contribution in [3.05, 3.63) is 59.3 Å². The van der Waals surface area contributed by atoms with Crippen molar-refractivity contribution in [3.8, 4) is 11.1 Å². The lowest BCUT2D eigenvalue weighted by Crippen LogP contribution is -2.05. The maximum Gasteiger partial charge on any atom is 0.264 e. The first kappa shape index (κ1) is 9.72. The zero-order valence-electron chi connectivity index (χ0n) is 8.92. The second-order valence-electron chi connectivity index (χ2n) is 3.74. The van der Waals surface area contributed by atoms with E-state index in [0.717, 1.165) is 21.9 Å². The second kappa shape index (κ2) is 3.83. The molecule has 1 N–H and O–H groups in total. The zero-order chi connectivity index (χ0) is 11.7. The van der Waals surface area contributed by atoms with Gasteiger partial charge in [-0.05, 0) is 17.0 Å². The van der Waals surface area contributed by atoms with E-state index < -0.39 is 0 Å². The molecular formula is C13H9N3O. The molecule has 2 heterocycles. The van der Waals surface area contributed by atoms with Crippen molar-refractivity contribution in [1.82, 2.24) is 15.2 Å². The molecule has 2 aromatic heterocycles. The van der Waals surface area contributed by atoms with Gasteiger partial charge in [-0.3, -0.25) is 9.78 Å². The van der Waals surface area contributed by atoms with Crippen molar-refractivity contribution in [1.29, 1.82) is 0 Å². The van der Waals surface area contributed by atoms with Gasteiger partial charge in [0.15, 0.2) is 0 Å². The molecule has 0 aliphatic heterocycles. The lowest BCUT2D eigenvalue weighted by Gasteiger charge is -2.04. The van der Waals surface area contributed by atoms with Crippen LogP contribution in [0.2, 0.25) is 0 Å². The van der Waals surface area contributed by atoms with Crippen molar-refractivity contribution in [2.24, 2.45) is 0 Å². The van der Waals surface area contributed by atoms with E-state index >= 15 is 0 Å². The molecule has 0 saturated carbocycles. The molecule has 0 unspecified atom stereocenters. The van der Waals surface area contributed by atoms with Crippen molar-refractivity contribution in [2.45, 2.75) is 0 Å². The quantitative estimate of drug-likeness (QED) is 0.686. The number of rotatable bonds is 1. The standard InChI is InChI=1S/C13H9N3O/c17-13-6-10(7-15-16-13)11-3-1-2-9-4-5-14-8-12(9)11/h1-8H,(H,16,17). The summed E-state index contributed by atoms with van der Waals surface area (Å²) in [5.41, 5.74) is 1.56. The van der Waals surface area contributed by atoms with E-state index in [-0.39, 0.29) is 5.56 Å². The summed E-state index contributed by atoms with van der Waals surface area (Å²) in [5.74, 6) is 0. The van der Waals surface area contributed by atoms with E-state index in [2.05, 4.69) is 15.2 Å². The lowest BCUT2D eigenvalue weighted by molar-refractivity contribution is 0.991. The van der Waals surface area contributed by atoms with E-state index in [9.17, 15) is 4.79 Å². The highest BCUT2D eigenvalue weighted by Gasteiger charge is 2.04. The molecule has 3 aromatic rings. The van der Waals surface area contributed by atoms with E-state index in [1.54, 1.807) is 18.6 Å². The maximum atomic E-state index is 11.3. The van der Waals surface area contributed by atoms with Crippen LogP contribution in [-0.2, 0) is 0 Å². The minimum Gasteiger partial charge on any atom is -0.268 e. The van der Waals surface area contributed by atoms with E-state index in [0.29, 0.717) is 0 Å². The summed E-state index contributed by atoms with van der Waals surface area (Å²) in [4.78, 5) is 15.4. The van der Waals surface area contributed by atoms with Gasteiger partial charge in [0, 0.05) is 29.4 Å². The zero-order valence-corrected chi connectivity index (χ0v) is 8.92. The van der Waals surface area contributed by atoms with Crippen LogP contribution < -0.4 is 5.56 Å². The van der Waals surface area contributed by atoms with E-state index in [4.69, 9.17) is 0 Å². The Kier molecular flexibility index (Phi) is 2.19. The molecule has 17 heavy (non-hydrogen) atoms. The molecule has 4 heteroatoms. The summed E-state index contributed by atoms with van der Waals surface area (Å²) in [7, 11) is 0. The summed E-state index contributed by atoms with van der Waals surface area (Å²) in [5, 5.41) is 8.29. The number of fused-ring (bicyclic) bond motifs is 1. The molecule has 0 spiro atoms. The predicted octanol–water partition coefficient (Wildman–Crippen LogP) is 1.99. The van der Waals surface area contributed by atoms with E-state index in [1.807, 2.05) is 24.3 Å². The Morgan fingerprint density at radius 3 is 2.94 bits per heavy atom. The molecule has 0 atom stereocenters. The van der Waals surface area contributed by atoms with Gasteiger partial charge in [0.25, 0.3) is 5.56 Å². The van der Waals surface area contributed by atoms with Gasteiger partial charge in [0.05, 0.1) is 6.20 Å². The van der Waals surface area contributed by atoms with Crippen molar-refractivity contribution in [2.75, 3.05) is 0 Å². The number of benzene rings is 1. The fraction of sp³-hybridized carbons (Fsp3) is 0. The number of H-pyrrole nitrogens is 1. The topological polar surface area (TPSA) is 58.6 Å². The number of aromatic amines is 1. The number of hydrogen-bond acceptors (Lipinski definition) is 3. The van der Waals surface area contributed by atoms with Gasteiger partial charge in [-0.2, -0.15) is 5.10 Å². The Hall–Kier alpha value is -2.49. The maximum absolute atomic E-state index is 11.3. The van der Waals surface area contributed by atoms with Gasteiger partial charge >= 0.3 is 0 Å². The molecule has 0 saturated heterocycles. The second-order valence-corrected chi connectivity index (χ2v) is 3.74. The molecule has 3 rings (SSSR count). The Balaban J connectivity index is 2.34. The Bertz CT molecular complexity index is 728. The number of nitrogens with zero attached hydrogens (tertiary/aromatic N) is 2. The highest BCUT2D eigenvalue weighted by Crippen LogP contribution is 2.26. The SMILES string of the molecule is O=c1cc(-c2cccc3ccncc23)cn[nH]1. The first-order chi connectivity index (χ1) is 8.34. The third-order valence-corrected chi connectivity index (χ3v) is 2.66. The molecule has 1 aromatic carbocycles. The number of nitrogens with one attached hydrogen (secondary N) is 1. The minimum atomic E-state index is -0.205. The smallest absolute Gasteiger partial charge is 0.264 e. The van der Waals surface area contributed by atoms with Crippen LogP contribution in [0.5, 0.6) is 0 Å². The van der Waals surface area contributed by atoms with Crippen LogP contribution in [0.4, 0.5) is 0 Å². The minimum absolute atomic E-state index is 0.205. The first-order valence-corrected chi connectivity index (χ1v) is 5.22. The van der Waals surface area contributed by atoms with Crippen LogP contribution in [0, 0.1) is 0 Å². The van der Waals surface area contributed by atoms with E-state index in [1.165, 1.54) is 6.07 Å². The fourth-order valence-electron chi connectivity index (χ4n) is 1.89. The van der Waals surface area contributed by atoms with Crippen LogP contribution >= 0.6 is 0 Å². The van der Waals surface area contributed by atoms with Crippen LogP contribution in [0.1, 0.15) is 0 Å². The number of aromatic nitrogens is 3. The largest absolute Gasteiger partial charge is 0.268 e. The van der Waals surface area contributed by atoms with Gasteiger partial charge < -0.3 is 0 Å². The average molecular weight is 223 g/mol. The molecule has 0 aliphatic carbocycles. The van der Waals surface area contributed by atoms with Crippen LogP contribution in [0.3, 0.4) is 0 Å². The van der Waals surface area contributed by atoms with Crippen molar-refractivity contribution in [3.63, 3.8) is 0 Å². The monoisotopic (exact) mass is 223 g/mol. The number of hydrogen-bond donors (Lipinski definition) is 1. The summed E-state index contributed by atoms with van der Waals surface area (Å²) in [6.45, 7) is 0. The molecule has 0 aliphatic rings. The average Bonchev–Trinajstić information content (AvgIpc) is 2.38. The van der Waals surface area contributed by atoms with Crippen molar-refractivity contribution >= 4 is 10.8 Å². The van der Waals surface area contributed by atoms with Crippen LogP contribution in [-0.4, -0.2) is 15.2 Å². The normalized spacial score (nSPS) is 10.6.